The first-order valence-electron chi connectivity index (χ1n) is 5.71. The number of benzene rings is 2. The molecule has 1 N–H and O–H groups in total. The number of aliphatic hydroxyl groups is 1. The Morgan fingerprint density at radius 3 is 2.28 bits per heavy atom. The van der Waals surface area contributed by atoms with Crippen molar-refractivity contribution in [1.29, 1.82) is 0 Å². The van der Waals surface area contributed by atoms with Gasteiger partial charge in [-0.15, -0.1) is 0 Å². The van der Waals surface area contributed by atoms with Crippen LogP contribution < -0.4 is 0 Å². The van der Waals surface area contributed by atoms with E-state index in [9.17, 15) is 5.11 Å². The Morgan fingerprint density at radius 1 is 1.00 bits per heavy atom. The summed E-state index contributed by atoms with van der Waals surface area (Å²) < 4.78 is 0. The predicted octanol–water partition coefficient (Wildman–Crippen LogP) is 4.44. The first kappa shape index (κ1) is 13.4. The third-order valence-electron chi connectivity index (χ3n) is 2.93. The minimum Gasteiger partial charge on any atom is -0.385 e. The molecule has 0 fully saturated rings. The lowest BCUT2D eigenvalue weighted by Gasteiger charge is -2.24. The summed E-state index contributed by atoms with van der Waals surface area (Å²) >= 11 is 11.8. The summed E-state index contributed by atoms with van der Waals surface area (Å²) in [7, 11) is 0. The van der Waals surface area contributed by atoms with Gasteiger partial charge in [-0.2, -0.15) is 0 Å². The highest BCUT2D eigenvalue weighted by atomic mass is 35.5. The van der Waals surface area contributed by atoms with E-state index in [2.05, 4.69) is 0 Å². The summed E-state index contributed by atoms with van der Waals surface area (Å²) in [6.45, 7) is 1.80. The van der Waals surface area contributed by atoms with Crippen LogP contribution in [0.3, 0.4) is 0 Å². The van der Waals surface area contributed by atoms with Crippen molar-refractivity contribution in [2.75, 3.05) is 0 Å². The molecule has 0 saturated carbocycles. The summed E-state index contributed by atoms with van der Waals surface area (Å²) in [5.74, 6) is 0. The van der Waals surface area contributed by atoms with Crippen LogP contribution in [0.15, 0.2) is 48.5 Å². The van der Waals surface area contributed by atoms with Crippen molar-refractivity contribution < 1.29 is 5.11 Å². The lowest BCUT2D eigenvalue weighted by molar-refractivity contribution is 0.0576. The van der Waals surface area contributed by atoms with Crippen LogP contribution in [0.5, 0.6) is 0 Å². The van der Waals surface area contributed by atoms with Gasteiger partial charge in [0.2, 0.25) is 0 Å². The molecule has 0 heterocycles. The van der Waals surface area contributed by atoms with E-state index in [0.717, 1.165) is 11.1 Å². The average Bonchev–Trinajstić information content (AvgIpc) is 2.35. The Hall–Kier alpha value is -1.02. The van der Waals surface area contributed by atoms with Gasteiger partial charge in [0.05, 0.1) is 15.6 Å². The highest BCUT2D eigenvalue weighted by molar-refractivity contribution is 6.42. The van der Waals surface area contributed by atoms with E-state index >= 15 is 0 Å². The molecular formula is C15H14Cl2O. The molecule has 0 aliphatic rings. The average molecular weight is 281 g/mol. The molecule has 2 aromatic carbocycles. The van der Waals surface area contributed by atoms with E-state index in [0.29, 0.717) is 16.5 Å². The van der Waals surface area contributed by atoms with Crippen molar-refractivity contribution in [3.8, 4) is 0 Å². The van der Waals surface area contributed by atoms with Gasteiger partial charge in [-0.3, -0.25) is 0 Å². The maximum Gasteiger partial charge on any atom is 0.0908 e. The highest BCUT2D eigenvalue weighted by Gasteiger charge is 2.23. The standard InChI is InChI=1S/C15H14Cl2O/c1-15(18,12-5-3-2-4-6-12)10-11-7-8-13(16)14(17)9-11/h2-9,18H,10H2,1H3. The summed E-state index contributed by atoms with van der Waals surface area (Å²) in [6.07, 6.45) is 0.494. The zero-order chi connectivity index (χ0) is 13.2. The molecule has 1 nitrogen and oxygen atoms in total. The van der Waals surface area contributed by atoms with E-state index < -0.39 is 5.60 Å². The van der Waals surface area contributed by atoms with E-state index in [1.807, 2.05) is 36.4 Å². The zero-order valence-electron chi connectivity index (χ0n) is 10.0. The van der Waals surface area contributed by atoms with Crippen LogP contribution in [0.1, 0.15) is 18.1 Å². The fourth-order valence-corrected chi connectivity index (χ4v) is 2.27. The lowest BCUT2D eigenvalue weighted by Crippen LogP contribution is -2.24. The fraction of sp³-hybridized carbons (Fsp3) is 0.200. The largest absolute Gasteiger partial charge is 0.385 e. The van der Waals surface area contributed by atoms with E-state index in [-0.39, 0.29) is 0 Å². The molecule has 1 atom stereocenters. The van der Waals surface area contributed by atoms with E-state index in [1.54, 1.807) is 19.1 Å². The number of hydrogen-bond acceptors (Lipinski definition) is 1. The van der Waals surface area contributed by atoms with Gasteiger partial charge >= 0.3 is 0 Å². The normalized spacial score (nSPS) is 14.2. The van der Waals surface area contributed by atoms with Crippen molar-refractivity contribution in [3.05, 3.63) is 69.7 Å². The molecule has 0 radical (unpaired) electrons. The summed E-state index contributed by atoms with van der Waals surface area (Å²) in [5.41, 5.74) is 0.924. The molecule has 2 aromatic rings. The second-order valence-corrected chi connectivity index (χ2v) is 5.38. The van der Waals surface area contributed by atoms with Crippen LogP contribution in [0.2, 0.25) is 10.0 Å². The molecule has 94 valence electrons. The second kappa shape index (κ2) is 5.31. The highest BCUT2D eigenvalue weighted by Crippen LogP contribution is 2.28. The van der Waals surface area contributed by atoms with Crippen LogP contribution in [-0.2, 0) is 12.0 Å². The van der Waals surface area contributed by atoms with E-state index in [1.165, 1.54) is 0 Å². The number of hydrogen-bond donors (Lipinski definition) is 1. The maximum absolute atomic E-state index is 10.5. The molecule has 0 saturated heterocycles. The van der Waals surface area contributed by atoms with Crippen LogP contribution >= 0.6 is 23.2 Å². The van der Waals surface area contributed by atoms with E-state index in [4.69, 9.17) is 23.2 Å². The quantitative estimate of drug-likeness (QED) is 0.881. The summed E-state index contributed by atoms with van der Waals surface area (Å²) in [6, 6.07) is 15.0. The van der Waals surface area contributed by atoms with Gasteiger partial charge < -0.3 is 5.11 Å². The monoisotopic (exact) mass is 280 g/mol. The van der Waals surface area contributed by atoms with Gasteiger partial charge in [-0.25, -0.2) is 0 Å². The van der Waals surface area contributed by atoms with Crippen molar-refractivity contribution in [2.45, 2.75) is 18.9 Å². The lowest BCUT2D eigenvalue weighted by atomic mass is 9.89. The minimum absolute atomic E-state index is 0.494. The molecule has 0 amide bonds. The topological polar surface area (TPSA) is 20.2 Å². The molecule has 1 unspecified atom stereocenters. The number of rotatable bonds is 3. The molecule has 2 rings (SSSR count). The van der Waals surface area contributed by atoms with Crippen molar-refractivity contribution >= 4 is 23.2 Å². The SMILES string of the molecule is CC(O)(Cc1ccc(Cl)c(Cl)c1)c1ccccc1. The Morgan fingerprint density at radius 2 is 1.67 bits per heavy atom. The van der Waals surface area contributed by atoms with Crippen LogP contribution in [0, 0.1) is 0 Å². The Labute approximate surface area is 117 Å². The third kappa shape index (κ3) is 3.05. The number of halogens is 2. The summed E-state index contributed by atoms with van der Waals surface area (Å²) in [4.78, 5) is 0. The van der Waals surface area contributed by atoms with Gasteiger partial charge in [-0.05, 0) is 30.2 Å². The van der Waals surface area contributed by atoms with Crippen molar-refractivity contribution in [2.24, 2.45) is 0 Å². The van der Waals surface area contributed by atoms with Gasteiger partial charge in [0.15, 0.2) is 0 Å². The fourth-order valence-electron chi connectivity index (χ4n) is 1.95. The van der Waals surface area contributed by atoms with Crippen LogP contribution in [0.25, 0.3) is 0 Å². The van der Waals surface area contributed by atoms with Crippen molar-refractivity contribution in [1.82, 2.24) is 0 Å². The maximum atomic E-state index is 10.5. The van der Waals surface area contributed by atoms with Crippen molar-refractivity contribution in [3.63, 3.8) is 0 Å². The molecule has 0 aliphatic heterocycles. The predicted molar refractivity (Wildman–Crippen MR) is 76.2 cm³/mol. The van der Waals surface area contributed by atoms with Crippen LogP contribution in [0.4, 0.5) is 0 Å². The molecular weight excluding hydrogens is 267 g/mol. The second-order valence-electron chi connectivity index (χ2n) is 4.57. The van der Waals surface area contributed by atoms with Gasteiger partial charge in [0, 0.05) is 6.42 Å². The third-order valence-corrected chi connectivity index (χ3v) is 3.67. The Bertz CT molecular complexity index is 535. The first-order chi connectivity index (χ1) is 8.49. The Kier molecular flexibility index (Phi) is 3.96. The van der Waals surface area contributed by atoms with Gasteiger partial charge in [-0.1, -0.05) is 59.6 Å². The molecule has 18 heavy (non-hydrogen) atoms. The van der Waals surface area contributed by atoms with Gasteiger partial charge in [0.25, 0.3) is 0 Å². The first-order valence-corrected chi connectivity index (χ1v) is 6.46. The molecule has 0 aliphatic carbocycles. The van der Waals surface area contributed by atoms with Gasteiger partial charge in [0.1, 0.15) is 0 Å². The molecule has 3 heteroatoms. The molecule has 0 bridgehead atoms. The zero-order valence-corrected chi connectivity index (χ0v) is 11.5. The van der Waals surface area contributed by atoms with Crippen LogP contribution in [-0.4, -0.2) is 5.11 Å². The summed E-state index contributed by atoms with van der Waals surface area (Å²) in [5, 5.41) is 11.6. The molecule has 0 spiro atoms. The smallest absolute Gasteiger partial charge is 0.0908 e. The minimum atomic E-state index is -0.918. The Balaban J connectivity index is 2.25. The molecule has 0 aromatic heterocycles.